The highest BCUT2D eigenvalue weighted by atomic mass is 15.2. The lowest BCUT2D eigenvalue weighted by Gasteiger charge is -2.35. The van der Waals surface area contributed by atoms with E-state index in [4.69, 9.17) is 0 Å². The van der Waals surface area contributed by atoms with Gasteiger partial charge in [-0.3, -0.25) is 4.90 Å². The van der Waals surface area contributed by atoms with Gasteiger partial charge in [-0.2, -0.15) is 0 Å². The lowest BCUT2D eigenvalue weighted by molar-refractivity contribution is 0.146. The van der Waals surface area contributed by atoms with Gasteiger partial charge in [0.05, 0.1) is 0 Å². The van der Waals surface area contributed by atoms with Gasteiger partial charge in [-0.05, 0) is 38.1 Å². The minimum Gasteiger partial charge on any atom is -0.313 e. The lowest BCUT2D eigenvalue weighted by Crippen LogP contribution is -2.46. The Labute approximate surface area is 122 Å². The highest BCUT2D eigenvalue weighted by Gasteiger charge is 2.19. The second kappa shape index (κ2) is 11.7. The highest BCUT2D eigenvalue weighted by molar-refractivity contribution is 4.77. The second-order valence-electron chi connectivity index (χ2n) is 6.26. The molecule has 19 heavy (non-hydrogen) atoms. The third kappa shape index (κ3) is 8.65. The molecule has 0 heterocycles. The number of nitrogens with zero attached hydrogens (tertiary/aromatic N) is 1. The molecule has 0 amide bonds. The molecule has 2 heteroatoms. The Balaban J connectivity index is 4.53. The lowest BCUT2D eigenvalue weighted by atomic mass is 10.0. The first-order valence-electron chi connectivity index (χ1n) is 8.56. The van der Waals surface area contributed by atoms with Crippen LogP contribution in [0.5, 0.6) is 0 Å². The van der Waals surface area contributed by atoms with Crippen LogP contribution in [0.25, 0.3) is 0 Å². The van der Waals surface area contributed by atoms with Crippen molar-refractivity contribution in [3.8, 4) is 0 Å². The molecule has 0 fully saturated rings. The molecule has 0 aromatic rings. The van der Waals surface area contributed by atoms with E-state index in [1.807, 2.05) is 0 Å². The van der Waals surface area contributed by atoms with Crippen molar-refractivity contribution in [1.29, 1.82) is 0 Å². The van der Waals surface area contributed by atoms with E-state index in [9.17, 15) is 0 Å². The van der Waals surface area contributed by atoms with Crippen molar-refractivity contribution in [3.05, 3.63) is 0 Å². The summed E-state index contributed by atoms with van der Waals surface area (Å²) < 4.78 is 0. The van der Waals surface area contributed by atoms with Crippen molar-refractivity contribution in [2.24, 2.45) is 5.92 Å². The zero-order chi connectivity index (χ0) is 14.7. The summed E-state index contributed by atoms with van der Waals surface area (Å²) in [4.78, 5) is 2.73. The first kappa shape index (κ1) is 18.9. The molecule has 2 nitrogen and oxygen atoms in total. The van der Waals surface area contributed by atoms with Gasteiger partial charge in [0, 0.05) is 25.2 Å². The molecule has 0 aromatic heterocycles. The van der Waals surface area contributed by atoms with E-state index in [0.29, 0.717) is 6.04 Å². The average molecular weight is 271 g/mol. The second-order valence-corrected chi connectivity index (χ2v) is 6.26. The molecule has 0 aliphatic carbocycles. The minimum atomic E-state index is 0.671. The van der Waals surface area contributed by atoms with Crippen molar-refractivity contribution in [2.45, 2.75) is 85.7 Å². The summed E-state index contributed by atoms with van der Waals surface area (Å²) in [6.07, 6.45) is 6.36. The average Bonchev–Trinajstić information content (AvgIpc) is 2.36. The topological polar surface area (TPSA) is 15.3 Å². The molecule has 0 aliphatic rings. The molecule has 1 unspecified atom stereocenters. The summed E-state index contributed by atoms with van der Waals surface area (Å²) >= 11 is 0. The molecule has 0 rings (SSSR count). The molecular weight excluding hydrogens is 232 g/mol. The van der Waals surface area contributed by atoms with Crippen LogP contribution in [0.2, 0.25) is 0 Å². The summed E-state index contributed by atoms with van der Waals surface area (Å²) in [6, 6.07) is 1.43. The maximum atomic E-state index is 3.74. The Bertz CT molecular complexity index is 188. The van der Waals surface area contributed by atoms with Crippen LogP contribution in [0.3, 0.4) is 0 Å². The van der Waals surface area contributed by atoms with Gasteiger partial charge >= 0.3 is 0 Å². The van der Waals surface area contributed by atoms with E-state index >= 15 is 0 Å². The van der Waals surface area contributed by atoms with Crippen molar-refractivity contribution in [1.82, 2.24) is 10.2 Å². The normalized spacial score (nSPS) is 13.7. The third-order valence-corrected chi connectivity index (χ3v) is 3.83. The quantitative estimate of drug-likeness (QED) is 0.569. The van der Waals surface area contributed by atoms with Crippen LogP contribution in [0.15, 0.2) is 0 Å². The zero-order valence-corrected chi connectivity index (χ0v) is 14.3. The van der Waals surface area contributed by atoms with Crippen LogP contribution in [0.4, 0.5) is 0 Å². The number of hydrogen-bond acceptors (Lipinski definition) is 2. The van der Waals surface area contributed by atoms with Crippen LogP contribution in [0, 0.1) is 5.92 Å². The van der Waals surface area contributed by atoms with Gasteiger partial charge in [0.2, 0.25) is 0 Å². The molecule has 116 valence electrons. The summed E-state index contributed by atoms with van der Waals surface area (Å²) in [5.41, 5.74) is 0. The standard InChI is InChI=1S/C17H38N2/c1-7-11-16(18-12-8-2)14-19(13-15(5)6)17(9-3)10-4/h15-18H,7-14H2,1-6H3. The Morgan fingerprint density at radius 3 is 1.95 bits per heavy atom. The Morgan fingerprint density at radius 1 is 0.895 bits per heavy atom. The molecule has 0 bridgehead atoms. The highest BCUT2D eigenvalue weighted by Crippen LogP contribution is 2.13. The van der Waals surface area contributed by atoms with Gasteiger partial charge in [-0.25, -0.2) is 0 Å². The monoisotopic (exact) mass is 270 g/mol. The molecule has 0 aromatic carbocycles. The Kier molecular flexibility index (Phi) is 11.7. The molecule has 0 aliphatic heterocycles. The Hall–Kier alpha value is -0.0800. The number of nitrogens with one attached hydrogen (secondary N) is 1. The Morgan fingerprint density at radius 2 is 1.53 bits per heavy atom. The summed E-state index contributed by atoms with van der Waals surface area (Å²) in [5, 5.41) is 3.74. The van der Waals surface area contributed by atoms with Crippen LogP contribution >= 0.6 is 0 Å². The fraction of sp³-hybridized carbons (Fsp3) is 1.00. The fourth-order valence-corrected chi connectivity index (χ4v) is 2.88. The molecule has 0 spiro atoms. The van der Waals surface area contributed by atoms with E-state index < -0.39 is 0 Å². The van der Waals surface area contributed by atoms with Crippen LogP contribution in [-0.2, 0) is 0 Å². The van der Waals surface area contributed by atoms with E-state index in [-0.39, 0.29) is 0 Å². The molecule has 1 atom stereocenters. The van der Waals surface area contributed by atoms with E-state index in [0.717, 1.165) is 18.5 Å². The summed E-state index contributed by atoms with van der Waals surface area (Å²) in [6.45, 7) is 17.5. The van der Waals surface area contributed by atoms with E-state index in [1.165, 1.54) is 45.2 Å². The predicted molar refractivity (Wildman–Crippen MR) is 87.8 cm³/mol. The molecule has 0 saturated heterocycles. The van der Waals surface area contributed by atoms with Gasteiger partial charge in [0.1, 0.15) is 0 Å². The van der Waals surface area contributed by atoms with Crippen LogP contribution in [-0.4, -0.2) is 36.6 Å². The maximum Gasteiger partial charge on any atom is 0.0195 e. The molecule has 0 radical (unpaired) electrons. The number of rotatable bonds is 12. The number of hydrogen-bond donors (Lipinski definition) is 1. The molecule has 0 saturated carbocycles. The zero-order valence-electron chi connectivity index (χ0n) is 14.3. The van der Waals surface area contributed by atoms with Crippen molar-refractivity contribution >= 4 is 0 Å². The van der Waals surface area contributed by atoms with Gasteiger partial charge in [-0.1, -0.05) is 48.0 Å². The van der Waals surface area contributed by atoms with Crippen molar-refractivity contribution < 1.29 is 0 Å². The van der Waals surface area contributed by atoms with Gasteiger partial charge in [0.15, 0.2) is 0 Å². The smallest absolute Gasteiger partial charge is 0.0195 e. The summed E-state index contributed by atoms with van der Waals surface area (Å²) in [5.74, 6) is 0.758. The largest absolute Gasteiger partial charge is 0.313 e. The van der Waals surface area contributed by atoms with Crippen molar-refractivity contribution in [3.63, 3.8) is 0 Å². The first-order chi connectivity index (χ1) is 9.08. The molecule has 1 N–H and O–H groups in total. The SMILES string of the molecule is CCCNC(CCC)CN(CC(C)C)C(CC)CC. The van der Waals surface area contributed by atoms with Gasteiger partial charge in [-0.15, -0.1) is 0 Å². The molecular formula is C17H38N2. The van der Waals surface area contributed by atoms with Crippen LogP contribution in [0.1, 0.15) is 73.6 Å². The maximum absolute atomic E-state index is 3.74. The van der Waals surface area contributed by atoms with Gasteiger partial charge < -0.3 is 5.32 Å². The minimum absolute atomic E-state index is 0.671. The van der Waals surface area contributed by atoms with Crippen molar-refractivity contribution in [2.75, 3.05) is 19.6 Å². The van der Waals surface area contributed by atoms with E-state index in [2.05, 4.69) is 51.8 Å². The predicted octanol–water partition coefficient (Wildman–Crippen LogP) is 4.30. The third-order valence-electron chi connectivity index (χ3n) is 3.83. The fourth-order valence-electron chi connectivity index (χ4n) is 2.88. The van der Waals surface area contributed by atoms with E-state index in [1.54, 1.807) is 0 Å². The van der Waals surface area contributed by atoms with Crippen LogP contribution < -0.4 is 5.32 Å². The van der Waals surface area contributed by atoms with Gasteiger partial charge in [0.25, 0.3) is 0 Å². The first-order valence-corrected chi connectivity index (χ1v) is 8.56. The summed E-state index contributed by atoms with van der Waals surface area (Å²) in [7, 11) is 0.